The second kappa shape index (κ2) is 7.06. The van der Waals surface area contributed by atoms with Crippen LogP contribution >= 0.6 is 15.9 Å². The molecule has 60 valence electrons. The summed E-state index contributed by atoms with van der Waals surface area (Å²) in [4.78, 5) is 10.5. The van der Waals surface area contributed by atoms with E-state index in [2.05, 4.69) is 15.9 Å². The van der Waals surface area contributed by atoms with Crippen molar-refractivity contribution in [1.82, 2.24) is 0 Å². The number of carbonyl (C=O) groups excluding carboxylic acids is 1. The van der Waals surface area contributed by atoms with E-state index >= 15 is 0 Å². The third-order valence-corrected chi connectivity index (χ3v) is 1.64. The first-order chi connectivity index (χ1) is 4.81. The fourth-order valence-electron chi connectivity index (χ4n) is 0.485. The molecular weight excluding hydrogens is 196 g/mol. The summed E-state index contributed by atoms with van der Waals surface area (Å²) in [6.07, 6.45) is 2.50. The number of carbonyl (C=O) groups is 1. The van der Waals surface area contributed by atoms with Gasteiger partial charge in [0.2, 0.25) is 0 Å². The molecule has 0 N–H and O–H groups in total. The Morgan fingerprint density at radius 3 is 2.70 bits per heavy atom. The zero-order chi connectivity index (χ0) is 7.82. The Morgan fingerprint density at radius 1 is 1.50 bits per heavy atom. The third kappa shape index (κ3) is 6.08. The van der Waals surface area contributed by atoms with Crippen LogP contribution in [-0.4, -0.2) is 17.9 Å². The first-order valence-electron chi connectivity index (χ1n) is 3.52. The molecule has 0 rings (SSSR count). The average Bonchev–Trinajstić information content (AvgIpc) is 1.98. The van der Waals surface area contributed by atoms with E-state index in [0.29, 0.717) is 13.0 Å². The monoisotopic (exact) mass is 208 g/mol. The number of alkyl halides is 1. The SMILES string of the molecule is CCC(=O)OCCCCBr. The minimum atomic E-state index is -0.102. The number of unbranched alkanes of at least 4 members (excludes halogenated alkanes) is 1. The van der Waals surface area contributed by atoms with Crippen LogP contribution in [0.5, 0.6) is 0 Å². The minimum absolute atomic E-state index is 0.102. The largest absolute Gasteiger partial charge is 0.466 e. The number of halogens is 1. The van der Waals surface area contributed by atoms with Crippen molar-refractivity contribution in [2.75, 3.05) is 11.9 Å². The van der Waals surface area contributed by atoms with Crippen molar-refractivity contribution in [1.29, 1.82) is 0 Å². The van der Waals surface area contributed by atoms with Crippen LogP contribution in [-0.2, 0) is 9.53 Å². The molecule has 0 aliphatic heterocycles. The van der Waals surface area contributed by atoms with E-state index in [-0.39, 0.29) is 5.97 Å². The summed E-state index contributed by atoms with van der Waals surface area (Å²) in [6.45, 7) is 2.37. The van der Waals surface area contributed by atoms with Gasteiger partial charge in [-0.1, -0.05) is 22.9 Å². The molecule has 0 saturated heterocycles. The first-order valence-corrected chi connectivity index (χ1v) is 4.65. The highest BCUT2D eigenvalue weighted by atomic mass is 79.9. The van der Waals surface area contributed by atoms with E-state index in [9.17, 15) is 4.79 Å². The van der Waals surface area contributed by atoms with Gasteiger partial charge in [-0.2, -0.15) is 0 Å². The summed E-state index contributed by atoms with van der Waals surface area (Å²) in [5, 5.41) is 0.983. The van der Waals surface area contributed by atoms with Gasteiger partial charge in [0, 0.05) is 11.8 Å². The van der Waals surface area contributed by atoms with E-state index < -0.39 is 0 Å². The van der Waals surface area contributed by atoms with Crippen LogP contribution < -0.4 is 0 Å². The van der Waals surface area contributed by atoms with Crippen molar-refractivity contribution in [3.63, 3.8) is 0 Å². The lowest BCUT2D eigenvalue weighted by Gasteiger charge is -2.00. The zero-order valence-corrected chi connectivity index (χ0v) is 7.82. The fraction of sp³-hybridized carbons (Fsp3) is 0.857. The van der Waals surface area contributed by atoms with E-state index in [1.54, 1.807) is 6.92 Å². The Kier molecular flexibility index (Phi) is 7.03. The molecule has 0 aliphatic rings. The molecule has 0 aromatic rings. The summed E-state index contributed by atoms with van der Waals surface area (Å²) >= 11 is 3.29. The van der Waals surface area contributed by atoms with Crippen molar-refractivity contribution >= 4 is 21.9 Å². The lowest BCUT2D eigenvalue weighted by molar-refractivity contribution is -0.143. The van der Waals surface area contributed by atoms with Crippen LogP contribution in [0, 0.1) is 0 Å². The molecular formula is C7H13BrO2. The standard InChI is InChI=1S/C7H13BrO2/c1-2-7(9)10-6-4-3-5-8/h2-6H2,1H3. The maximum absolute atomic E-state index is 10.5. The van der Waals surface area contributed by atoms with Gasteiger partial charge in [0.05, 0.1) is 6.61 Å². The molecule has 0 saturated carbocycles. The maximum Gasteiger partial charge on any atom is 0.305 e. The third-order valence-electron chi connectivity index (χ3n) is 1.08. The molecule has 0 aromatic heterocycles. The Labute approximate surface area is 70.1 Å². The highest BCUT2D eigenvalue weighted by Gasteiger charge is 1.95. The molecule has 0 spiro atoms. The summed E-state index contributed by atoms with van der Waals surface area (Å²) in [5.74, 6) is -0.102. The van der Waals surface area contributed by atoms with Crippen molar-refractivity contribution in [2.45, 2.75) is 26.2 Å². The Balaban J connectivity index is 2.96. The number of esters is 1. The Morgan fingerprint density at radius 2 is 2.20 bits per heavy atom. The van der Waals surface area contributed by atoms with Crippen LogP contribution in [0.1, 0.15) is 26.2 Å². The first kappa shape index (κ1) is 9.95. The van der Waals surface area contributed by atoms with Gasteiger partial charge in [-0.05, 0) is 12.8 Å². The van der Waals surface area contributed by atoms with Crippen LogP contribution in [0.3, 0.4) is 0 Å². The average molecular weight is 209 g/mol. The molecule has 0 aliphatic carbocycles. The summed E-state index contributed by atoms with van der Waals surface area (Å²) in [6, 6.07) is 0. The lowest BCUT2D eigenvalue weighted by atomic mass is 10.4. The molecule has 10 heavy (non-hydrogen) atoms. The van der Waals surface area contributed by atoms with E-state index in [1.165, 1.54) is 0 Å². The van der Waals surface area contributed by atoms with Gasteiger partial charge in [-0.15, -0.1) is 0 Å². The van der Waals surface area contributed by atoms with Crippen LogP contribution in [0.4, 0.5) is 0 Å². The molecule has 2 nitrogen and oxygen atoms in total. The van der Waals surface area contributed by atoms with Gasteiger partial charge < -0.3 is 4.74 Å². The topological polar surface area (TPSA) is 26.3 Å². The van der Waals surface area contributed by atoms with Gasteiger partial charge in [0.25, 0.3) is 0 Å². The van der Waals surface area contributed by atoms with E-state index in [0.717, 1.165) is 18.2 Å². The number of ether oxygens (including phenoxy) is 1. The molecule has 0 bridgehead atoms. The molecule has 0 atom stereocenters. The smallest absolute Gasteiger partial charge is 0.305 e. The van der Waals surface area contributed by atoms with Gasteiger partial charge in [-0.3, -0.25) is 4.79 Å². The predicted molar refractivity (Wildman–Crippen MR) is 44.3 cm³/mol. The predicted octanol–water partition coefficient (Wildman–Crippen LogP) is 2.11. The molecule has 0 heterocycles. The number of hydrogen-bond acceptors (Lipinski definition) is 2. The van der Waals surface area contributed by atoms with Crippen LogP contribution in [0.2, 0.25) is 0 Å². The minimum Gasteiger partial charge on any atom is -0.466 e. The fourth-order valence-corrected chi connectivity index (χ4v) is 0.881. The highest BCUT2D eigenvalue weighted by Crippen LogP contribution is 1.95. The molecule has 0 amide bonds. The van der Waals surface area contributed by atoms with E-state index in [4.69, 9.17) is 4.74 Å². The van der Waals surface area contributed by atoms with Crippen molar-refractivity contribution in [2.24, 2.45) is 0 Å². The number of rotatable bonds is 5. The molecule has 0 fully saturated rings. The summed E-state index contributed by atoms with van der Waals surface area (Å²) < 4.78 is 4.83. The normalized spacial score (nSPS) is 9.40. The second-order valence-corrected chi connectivity index (χ2v) is 2.76. The maximum atomic E-state index is 10.5. The van der Waals surface area contributed by atoms with Crippen molar-refractivity contribution in [3.05, 3.63) is 0 Å². The van der Waals surface area contributed by atoms with Gasteiger partial charge >= 0.3 is 5.97 Å². The van der Waals surface area contributed by atoms with Gasteiger partial charge in [0.15, 0.2) is 0 Å². The van der Waals surface area contributed by atoms with Gasteiger partial charge in [0.1, 0.15) is 0 Å². The molecule has 3 heteroatoms. The quantitative estimate of drug-likeness (QED) is 0.393. The van der Waals surface area contributed by atoms with Crippen LogP contribution in [0.25, 0.3) is 0 Å². The van der Waals surface area contributed by atoms with Crippen LogP contribution in [0.15, 0.2) is 0 Å². The summed E-state index contributed by atoms with van der Waals surface area (Å²) in [7, 11) is 0. The highest BCUT2D eigenvalue weighted by molar-refractivity contribution is 9.09. The Hall–Kier alpha value is -0.0500. The van der Waals surface area contributed by atoms with E-state index in [1.807, 2.05) is 0 Å². The zero-order valence-electron chi connectivity index (χ0n) is 6.23. The lowest BCUT2D eigenvalue weighted by Crippen LogP contribution is -2.03. The molecule has 0 radical (unpaired) electrons. The van der Waals surface area contributed by atoms with Crippen molar-refractivity contribution < 1.29 is 9.53 Å². The summed E-state index contributed by atoms with van der Waals surface area (Å²) in [5.41, 5.74) is 0. The molecule has 0 unspecified atom stereocenters. The molecule has 0 aromatic carbocycles. The second-order valence-electron chi connectivity index (χ2n) is 1.97. The van der Waals surface area contributed by atoms with Crippen molar-refractivity contribution in [3.8, 4) is 0 Å². The number of hydrogen-bond donors (Lipinski definition) is 0. The van der Waals surface area contributed by atoms with Gasteiger partial charge in [-0.25, -0.2) is 0 Å². The Bertz CT molecular complexity index is 93.6.